The molecule has 0 bridgehead atoms. The lowest BCUT2D eigenvalue weighted by Crippen LogP contribution is -2.39. The molecule has 3 rings (SSSR count). The Hall–Kier alpha value is -2.37. The second kappa shape index (κ2) is 7.68. The molecule has 3 N–H and O–H groups in total. The van der Waals surface area contributed by atoms with Gasteiger partial charge >= 0.3 is 0 Å². The number of aryl methyl sites for hydroxylation is 2. The highest BCUT2D eigenvalue weighted by Gasteiger charge is 2.30. The zero-order chi connectivity index (χ0) is 17.8. The van der Waals surface area contributed by atoms with Crippen LogP contribution in [0.1, 0.15) is 36.1 Å². The SMILES string of the molecule is CCOc1ccc(C2CC(C(=O)Nc3cc(C)ccc3C)NN2)cc1. The van der Waals surface area contributed by atoms with Gasteiger partial charge in [0.15, 0.2) is 0 Å². The Morgan fingerprint density at radius 3 is 2.64 bits per heavy atom. The third-order valence-electron chi connectivity index (χ3n) is 4.46. The molecule has 5 heteroatoms. The maximum absolute atomic E-state index is 12.6. The Kier molecular flexibility index (Phi) is 5.36. The maximum Gasteiger partial charge on any atom is 0.242 e. The largest absolute Gasteiger partial charge is 0.494 e. The maximum atomic E-state index is 12.6. The number of hydrazine groups is 1. The summed E-state index contributed by atoms with van der Waals surface area (Å²) in [6.45, 7) is 6.64. The van der Waals surface area contributed by atoms with E-state index in [1.54, 1.807) is 0 Å². The van der Waals surface area contributed by atoms with Gasteiger partial charge in [-0.15, -0.1) is 0 Å². The molecule has 2 atom stereocenters. The van der Waals surface area contributed by atoms with Gasteiger partial charge in [0.25, 0.3) is 0 Å². The standard InChI is InChI=1S/C20H25N3O2/c1-4-25-16-9-7-15(8-10-16)18-12-19(23-22-18)20(24)21-17-11-13(2)5-6-14(17)3/h5-11,18-19,22-23H,4,12H2,1-3H3,(H,21,24). The second-order valence-corrected chi connectivity index (χ2v) is 6.44. The van der Waals surface area contributed by atoms with Crippen molar-refractivity contribution in [2.45, 2.75) is 39.3 Å². The van der Waals surface area contributed by atoms with Crippen molar-refractivity contribution in [3.63, 3.8) is 0 Å². The predicted molar refractivity (Wildman–Crippen MR) is 99.6 cm³/mol. The Morgan fingerprint density at radius 2 is 1.92 bits per heavy atom. The lowest BCUT2D eigenvalue weighted by atomic mass is 10.0. The minimum absolute atomic E-state index is 0.0189. The van der Waals surface area contributed by atoms with E-state index in [9.17, 15) is 4.79 Å². The van der Waals surface area contributed by atoms with Gasteiger partial charge in [0.1, 0.15) is 11.8 Å². The van der Waals surface area contributed by atoms with Crippen molar-refractivity contribution >= 4 is 11.6 Å². The van der Waals surface area contributed by atoms with Crippen LogP contribution in [-0.2, 0) is 4.79 Å². The number of nitrogens with one attached hydrogen (secondary N) is 3. The lowest BCUT2D eigenvalue weighted by molar-refractivity contribution is -0.117. The Morgan fingerprint density at radius 1 is 1.16 bits per heavy atom. The van der Waals surface area contributed by atoms with Crippen LogP contribution in [0.3, 0.4) is 0 Å². The van der Waals surface area contributed by atoms with Gasteiger partial charge in [0.05, 0.1) is 6.61 Å². The normalized spacial score (nSPS) is 19.6. The molecule has 0 aromatic heterocycles. The van der Waals surface area contributed by atoms with E-state index in [1.807, 2.05) is 63.2 Å². The monoisotopic (exact) mass is 339 g/mol. The van der Waals surface area contributed by atoms with E-state index in [0.717, 1.165) is 28.1 Å². The molecule has 1 fully saturated rings. The van der Waals surface area contributed by atoms with E-state index in [-0.39, 0.29) is 18.0 Å². The number of rotatable bonds is 5. The molecule has 2 aromatic carbocycles. The highest BCUT2D eigenvalue weighted by Crippen LogP contribution is 2.25. The molecule has 1 saturated heterocycles. The molecular formula is C20H25N3O2. The van der Waals surface area contributed by atoms with Crippen molar-refractivity contribution in [3.05, 3.63) is 59.2 Å². The van der Waals surface area contributed by atoms with Gasteiger partial charge < -0.3 is 10.1 Å². The Bertz CT molecular complexity index is 743. The first-order chi connectivity index (χ1) is 12.1. The van der Waals surface area contributed by atoms with E-state index >= 15 is 0 Å². The Balaban J connectivity index is 1.62. The van der Waals surface area contributed by atoms with Crippen molar-refractivity contribution < 1.29 is 9.53 Å². The molecule has 1 heterocycles. The minimum Gasteiger partial charge on any atom is -0.494 e. The minimum atomic E-state index is -0.267. The summed E-state index contributed by atoms with van der Waals surface area (Å²) in [4.78, 5) is 12.6. The first kappa shape index (κ1) is 17.5. The molecule has 0 radical (unpaired) electrons. The van der Waals surface area contributed by atoms with Crippen molar-refractivity contribution in [1.82, 2.24) is 10.9 Å². The first-order valence-electron chi connectivity index (χ1n) is 8.68. The summed E-state index contributed by atoms with van der Waals surface area (Å²) >= 11 is 0. The third-order valence-corrected chi connectivity index (χ3v) is 4.46. The number of ether oxygens (including phenoxy) is 1. The predicted octanol–water partition coefficient (Wildman–Crippen LogP) is 3.25. The summed E-state index contributed by atoms with van der Waals surface area (Å²) in [5.74, 6) is 0.844. The number of anilines is 1. The summed E-state index contributed by atoms with van der Waals surface area (Å²) in [7, 11) is 0. The molecule has 1 aliphatic rings. The van der Waals surface area contributed by atoms with Crippen LogP contribution in [0, 0.1) is 13.8 Å². The van der Waals surface area contributed by atoms with E-state index in [0.29, 0.717) is 13.0 Å². The molecule has 1 aliphatic heterocycles. The number of carbonyl (C=O) groups is 1. The lowest BCUT2D eigenvalue weighted by Gasteiger charge is -2.13. The molecule has 0 saturated carbocycles. The quantitative estimate of drug-likeness (QED) is 0.782. The van der Waals surface area contributed by atoms with E-state index < -0.39 is 0 Å². The highest BCUT2D eigenvalue weighted by atomic mass is 16.5. The van der Waals surface area contributed by atoms with Crippen molar-refractivity contribution in [1.29, 1.82) is 0 Å². The molecule has 132 valence electrons. The number of benzene rings is 2. The van der Waals surface area contributed by atoms with Crippen molar-refractivity contribution in [2.75, 3.05) is 11.9 Å². The van der Waals surface area contributed by atoms with Crippen LogP contribution in [0.4, 0.5) is 5.69 Å². The zero-order valence-electron chi connectivity index (χ0n) is 14.9. The summed E-state index contributed by atoms with van der Waals surface area (Å²) in [5.41, 5.74) is 10.5. The van der Waals surface area contributed by atoms with E-state index in [1.165, 1.54) is 0 Å². The molecule has 2 aromatic rings. The zero-order valence-corrected chi connectivity index (χ0v) is 14.9. The van der Waals surface area contributed by atoms with Gasteiger partial charge in [-0.05, 0) is 62.1 Å². The van der Waals surface area contributed by atoms with Crippen LogP contribution in [0.25, 0.3) is 0 Å². The van der Waals surface area contributed by atoms with Crippen LogP contribution in [0.15, 0.2) is 42.5 Å². The van der Waals surface area contributed by atoms with Gasteiger partial charge in [-0.2, -0.15) is 0 Å². The van der Waals surface area contributed by atoms with E-state index in [2.05, 4.69) is 16.2 Å². The summed E-state index contributed by atoms with van der Waals surface area (Å²) in [5, 5.41) is 3.03. The van der Waals surface area contributed by atoms with Crippen LogP contribution in [0.5, 0.6) is 5.75 Å². The Labute approximate surface area is 148 Å². The van der Waals surface area contributed by atoms with Crippen molar-refractivity contribution in [3.8, 4) is 5.75 Å². The van der Waals surface area contributed by atoms with Crippen LogP contribution >= 0.6 is 0 Å². The van der Waals surface area contributed by atoms with Crippen LogP contribution < -0.4 is 20.9 Å². The smallest absolute Gasteiger partial charge is 0.242 e. The average Bonchev–Trinajstić information content (AvgIpc) is 3.09. The van der Waals surface area contributed by atoms with Gasteiger partial charge in [0, 0.05) is 11.7 Å². The van der Waals surface area contributed by atoms with Crippen LogP contribution in [0.2, 0.25) is 0 Å². The average molecular weight is 339 g/mol. The molecule has 2 unspecified atom stereocenters. The van der Waals surface area contributed by atoms with Gasteiger partial charge in [-0.25, -0.2) is 10.9 Å². The fourth-order valence-electron chi connectivity index (χ4n) is 3.00. The highest BCUT2D eigenvalue weighted by molar-refractivity contribution is 5.95. The van der Waals surface area contributed by atoms with Gasteiger partial charge in [-0.3, -0.25) is 4.79 Å². The molecule has 1 amide bonds. The fourth-order valence-corrected chi connectivity index (χ4v) is 3.00. The van der Waals surface area contributed by atoms with Crippen molar-refractivity contribution in [2.24, 2.45) is 0 Å². The summed E-state index contributed by atoms with van der Waals surface area (Å²) in [6.07, 6.45) is 0.699. The molecule has 0 aliphatic carbocycles. The number of hydrogen-bond acceptors (Lipinski definition) is 4. The third kappa shape index (κ3) is 4.18. The summed E-state index contributed by atoms with van der Waals surface area (Å²) in [6, 6.07) is 13.9. The first-order valence-corrected chi connectivity index (χ1v) is 8.68. The summed E-state index contributed by atoms with van der Waals surface area (Å²) < 4.78 is 5.47. The fraction of sp³-hybridized carbons (Fsp3) is 0.350. The van der Waals surface area contributed by atoms with E-state index in [4.69, 9.17) is 4.74 Å². The van der Waals surface area contributed by atoms with Gasteiger partial charge in [0.2, 0.25) is 5.91 Å². The number of amides is 1. The molecule has 0 spiro atoms. The number of carbonyl (C=O) groups excluding carboxylic acids is 1. The van der Waals surface area contributed by atoms with Crippen LogP contribution in [-0.4, -0.2) is 18.6 Å². The number of hydrogen-bond donors (Lipinski definition) is 3. The molecule has 5 nitrogen and oxygen atoms in total. The van der Waals surface area contributed by atoms with Gasteiger partial charge in [-0.1, -0.05) is 24.3 Å². The second-order valence-electron chi connectivity index (χ2n) is 6.44. The molecule has 25 heavy (non-hydrogen) atoms. The molecular weight excluding hydrogens is 314 g/mol. The topological polar surface area (TPSA) is 62.4 Å².